The van der Waals surface area contributed by atoms with Crippen molar-refractivity contribution >= 4 is 40.2 Å². The van der Waals surface area contributed by atoms with Crippen LogP contribution in [0.4, 0.5) is 0 Å². The summed E-state index contributed by atoms with van der Waals surface area (Å²) >= 11 is 5.95. The second-order valence-corrected chi connectivity index (χ2v) is 4.46. The fraction of sp³-hybridized carbons (Fsp3) is 0.375. The van der Waals surface area contributed by atoms with Gasteiger partial charge in [0.2, 0.25) is 0 Å². The number of hydrogen-bond donors (Lipinski definition) is 1. The van der Waals surface area contributed by atoms with E-state index in [1.54, 1.807) is 6.92 Å². The minimum Gasteiger partial charge on any atom is -0.480 e. The van der Waals surface area contributed by atoms with Crippen LogP contribution >= 0.6 is 24.0 Å². The number of carbonyl (C=O) groups excluding carboxylic acids is 1. The van der Waals surface area contributed by atoms with Crippen LogP contribution in [0.25, 0.3) is 0 Å². The van der Waals surface area contributed by atoms with Crippen molar-refractivity contribution in [3.8, 4) is 0 Å². The lowest BCUT2D eigenvalue weighted by Crippen LogP contribution is -2.43. The molecule has 0 aromatic carbocycles. The first-order valence-electron chi connectivity index (χ1n) is 3.96. The fourth-order valence-electron chi connectivity index (χ4n) is 1.15. The summed E-state index contributed by atoms with van der Waals surface area (Å²) < 4.78 is 0.272. The van der Waals surface area contributed by atoms with Crippen LogP contribution in [-0.4, -0.2) is 32.2 Å². The van der Waals surface area contributed by atoms with E-state index in [1.165, 1.54) is 0 Å². The van der Waals surface area contributed by atoms with Crippen LogP contribution < -0.4 is 0 Å². The zero-order valence-corrected chi connectivity index (χ0v) is 9.15. The molecule has 1 saturated heterocycles. The molecule has 0 spiro atoms. The second kappa shape index (κ2) is 4.10. The quantitative estimate of drug-likeness (QED) is 0.584. The number of aliphatic carboxylic acids is 1. The highest BCUT2D eigenvalue weighted by Crippen LogP contribution is 2.31. The number of carboxylic acid groups (broad SMARTS) is 1. The van der Waals surface area contributed by atoms with Crippen molar-refractivity contribution in [1.29, 1.82) is 0 Å². The van der Waals surface area contributed by atoms with Gasteiger partial charge in [0.25, 0.3) is 5.91 Å². The average Bonchev–Trinajstić information content (AvgIpc) is 2.32. The van der Waals surface area contributed by atoms with Crippen LogP contribution in [0, 0.1) is 0 Å². The molecule has 76 valence electrons. The van der Waals surface area contributed by atoms with Crippen molar-refractivity contribution in [1.82, 2.24) is 4.90 Å². The molecule has 0 aromatic heterocycles. The molecule has 1 atom stereocenters. The molecule has 1 aliphatic rings. The molecule has 0 radical (unpaired) electrons. The molecule has 1 heterocycles. The maximum absolute atomic E-state index is 11.5. The Morgan fingerprint density at radius 2 is 2.36 bits per heavy atom. The summed E-state index contributed by atoms with van der Waals surface area (Å²) in [4.78, 5) is 23.7. The monoisotopic (exact) mass is 231 g/mol. The van der Waals surface area contributed by atoms with Gasteiger partial charge < -0.3 is 5.11 Å². The third kappa shape index (κ3) is 1.80. The summed E-state index contributed by atoms with van der Waals surface area (Å²) in [6, 6.07) is -0.873. The van der Waals surface area contributed by atoms with Crippen molar-refractivity contribution in [2.75, 3.05) is 0 Å². The molecule has 14 heavy (non-hydrogen) atoms. The molecule has 4 nitrogen and oxygen atoms in total. The van der Waals surface area contributed by atoms with Gasteiger partial charge in [-0.1, -0.05) is 37.5 Å². The van der Waals surface area contributed by atoms with Crippen LogP contribution in [-0.2, 0) is 9.59 Å². The van der Waals surface area contributed by atoms with E-state index in [9.17, 15) is 9.59 Å². The van der Waals surface area contributed by atoms with Gasteiger partial charge in [0.15, 0.2) is 0 Å². The molecule has 0 bridgehead atoms. The smallest absolute Gasteiger partial charge is 0.326 e. The van der Waals surface area contributed by atoms with E-state index in [1.807, 2.05) is 0 Å². The van der Waals surface area contributed by atoms with Crippen LogP contribution in [0.15, 0.2) is 11.5 Å². The Bertz CT molecular complexity index is 327. The highest BCUT2D eigenvalue weighted by molar-refractivity contribution is 8.26. The standard InChI is InChI=1S/C8H9NO3S2/c1-3-5(7(11)12)9-6(10)4(2)14-8(9)13/h5H,2-3H2,1H3,(H,11,12). The SMILES string of the molecule is C=C1SC(=S)N(C(CC)C(=O)O)C1=O. The predicted molar refractivity (Wildman–Crippen MR) is 57.9 cm³/mol. The number of thiocarbonyl (C=S) groups is 1. The number of nitrogens with zero attached hydrogens (tertiary/aromatic N) is 1. The molecule has 0 saturated carbocycles. The van der Waals surface area contributed by atoms with Crippen LogP contribution in [0.1, 0.15) is 13.3 Å². The number of thioether (sulfide) groups is 1. The van der Waals surface area contributed by atoms with Gasteiger partial charge >= 0.3 is 5.97 Å². The van der Waals surface area contributed by atoms with E-state index in [-0.39, 0.29) is 9.23 Å². The average molecular weight is 231 g/mol. The fourth-order valence-corrected chi connectivity index (χ4v) is 2.37. The van der Waals surface area contributed by atoms with Gasteiger partial charge in [0.05, 0.1) is 4.91 Å². The third-order valence-electron chi connectivity index (χ3n) is 1.85. The Morgan fingerprint density at radius 3 is 2.64 bits per heavy atom. The molecule has 1 aliphatic heterocycles. The minimum atomic E-state index is -1.04. The molecule has 1 unspecified atom stereocenters. The summed E-state index contributed by atoms with van der Waals surface area (Å²) in [7, 11) is 0. The van der Waals surface area contributed by atoms with Gasteiger partial charge in [-0.05, 0) is 6.42 Å². The number of rotatable bonds is 3. The lowest BCUT2D eigenvalue weighted by molar-refractivity contribution is -0.145. The van der Waals surface area contributed by atoms with E-state index in [2.05, 4.69) is 6.58 Å². The molecular weight excluding hydrogens is 222 g/mol. The zero-order valence-electron chi connectivity index (χ0n) is 7.52. The van der Waals surface area contributed by atoms with Crippen LogP contribution in [0.5, 0.6) is 0 Å². The lowest BCUT2D eigenvalue weighted by Gasteiger charge is -2.21. The van der Waals surface area contributed by atoms with E-state index >= 15 is 0 Å². The molecule has 1 rings (SSSR count). The van der Waals surface area contributed by atoms with E-state index in [0.717, 1.165) is 16.7 Å². The first-order chi connectivity index (χ1) is 6.49. The van der Waals surface area contributed by atoms with Crippen LogP contribution in [0.3, 0.4) is 0 Å². The lowest BCUT2D eigenvalue weighted by atomic mass is 10.2. The van der Waals surface area contributed by atoms with E-state index < -0.39 is 17.9 Å². The number of carbonyl (C=O) groups is 2. The van der Waals surface area contributed by atoms with Gasteiger partial charge in [-0.2, -0.15) is 0 Å². The van der Waals surface area contributed by atoms with Crippen molar-refractivity contribution in [3.63, 3.8) is 0 Å². The second-order valence-electron chi connectivity index (χ2n) is 2.73. The molecule has 0 aromatic rings. The molecular formula is C8H9NO3S2. The van der Waals surface area contributed by atoms with Gasteiger partial charge in [0, 0.05) is 0 Å². The zero-order chi connectivity index (χ0) is 10.9. The summed E-state index contributed by atoms with van der Waals surface area (Å²) in [5, 5.41) is 8.86. The summed E-state index contributed by atoms with van der Waals surface area (Å²) in [5.41, 5.74) is 0. The number of carboxylic acids is 1. The molecule has 1 fully saturated rings. The summed E-state index contributed by atoms with van der Waals surface area (Å²) in [6.45, 7) is 5.20. The van der Waals surface area contributed by atoms with E-state index in [0.29, 0.717) is 6.42 Å². The molecule has 6 heteroatoms. The van der Waals surface area contributed by atoms with E-state index in [4.69, 9.17) is 17.3 Å². The van der Waals surface area contributed by atoms with Gasteiger partial charge in [0.1, 0.15) is 10.4 Å². The Balaban J connectivity index is 2.96. The Morgan fingerprint density at radius 1 is 1.79 bits per heavy atom. The first-order valence-corrected chi connectivity index (χ1v) is 5.18. The Kier molecular flexibility index (Phi) is 3.28. The largest absolute Gasteiger partial charge is 0.480 e. The predicted octanol–water partition coefficient (Wildman–Crippen LogP) is 1.22. The normalized spacial score (nSPS) is 18.9. The van der Waals surface area contributed by atoms with Crippen molar-refractivity contribution in [2.45, 2.75) is 19.4 Å². The Hall–Kier alpha value is -0.880. The van der Waals surface area contributed by atoms with Gasteiger partial charge in [-0.25, -0.2) is 4.79 Å². The highest BCUT2D eigenvalue weighted by atomic mass is 32.2. The molecule has 0 aliphatic carbocycles. The molecule has 1 amide bonds. The van der Waals surface area contributed by atoms with Crippen LogP contribution in [0.2, 0.25) is 0 Å². The van der Waals surface area contributed by atoms with Gasteiger partial charge in [-0.3, -0.25) is 9.69 Å². The Labute approximate surface area is 91.0 Å². The maximum atomic E-state index is 11.5. The van der Waals surface area contributed by atoms with Gasteiger partial charge in [-0.15, -0.1) is 0 Å². The number of hydrogen-bond acceptors (Lipinski definition) is 4. The highest BCUT2D eigenvalue weighted by Gasteiger charge is 2.38. The number of amides is 1. The maximum Gasteiger partial charge on any atom is 0.326 e. The molecule has 1 N–H and O–H groups in total. The van der Waals surface area contributed by atoms with Crippen molar-refractivity contribution < 1.29 is 14.7 Å². The minimum absolute atomic E-state index is 0.272. The van der Waals surface area contributed by atoms with Crippen molar-refractivity contribution in [3.05, 3.63) is 11.5 Å². The summed E-state index contributed by atoms with van der Waals surface area (Å²) in [5.74, 6) is -1.44. The van der Waals surface area contributed by atoms with Crippen molar-refractivity contribution in [2.24, 2.45) is 0 Å². The third-order valence-corrected chi connectivity index (χ3v) is 3.09. The summed E-state index contributed by atoms with van der Waals surface area (Å²) in [6.07, 6.45) is 0.328. The first kappa shape index (κ1) is 11.2. The topological polar surface area (TPSA) is 57.6 Å².